The Morgan fingerprint density at radius 1 is 0.778 bits per heavy atom. The van der Waals surface area contributed by atoms with Crippen LogP contribution in [0.15, 0.2) is 0 Å². The van der Waals surface area contributed by atoms with Crippen LogP contribution in [0.2, 0.25) is 12.6 Å². The zero-order chi connectivity index (χ0) is 21.9. The number of hydrogen-bond donors (Lipinski definition) is 0. The molecule has 0 N–H and O–H groups in total. The minimum Gasteiger partial charge on any atom is -0.455 e. The molecular weight excluding hydrogens is 413 g/mol. The molecular formula is C13H25F3O9Si2. The van der Waals surface area contributed by atoms with E-state index in [9.17, 15) is 27.6 Å². The molecule has 0 unspecified atom stereocenters. The Kier molecular flexibility index (Phi) is 12.4. The summed E-state index contributed by atoms with van der Waals surface area (Å²) in [5.41, 5.74) is 0. The summed E-state index contributed by atoms with van der Waals surface area (Å²) < 4.78 is 64.0. The maximum atomic E-state index is 11.9. The molecule has 0 atom stereocenters. The summed E-state index contributed by atoms with van der Waals surface area (Å²) >= 11 is 0. The fourth-order valence-corrected chi connectivity index (χ4v) is 5.09. The highest BCUT2D eigenvalue weighted by Crippen LogP contribution is 2.26. The Hall–Kier alpha value is -1.49. The Labute approximate surface area is 157 Å². The summed E-state index contributed by atoms with van der Waals surface area (Å²) in [7, 11) is -2.67. The third-order valence-electron chi connectivity index (χ3n) is 2.64. The van der Waals surface area contributed by atoms with Crippen molar-refractivity contribution in [3.8, 4) is 0 Å². The van der Waals surface area contributed by atoms with Gasteiger partial charge in [-0.2, -0.15) is 13.2 Å². The van der Waals surface area contributed by atoms with Gasteiger partial charge in [0.25, 0.3) is 17.9 Å². The van der Waals surface area contributed by atoms with Crippen LogP contribution >= 0.6 is 0 Å². The van der Waals surface area contributed by atoms with Gasteiger partial charge in [0, 0.05) is 61.1 Å². The predicted molar refractivity (Wildman–Crippen MR) is 89.2 cm³/mol. The van der Waals surface area contributed by atoms with E-state index in [1.807, 2.05) is 0 Å². The van der Waals surface area contributed by atoms with Gasteiger partial charge in [0.2, 0.25) is 0 Å². The molecule has 14 heteroatoms. The van der Waals surface area contributed by atoms with Crippen LogP contribution in [0.3, 0.4) is 0 Å². The second-order valence-corrected chi connectivity index (χ2v) is 10.5. The Balaban J connectivity index is 0. The molecule has 160 valence electrons. The van der Waals surface area contributed by atoms with E-state index < -0.39 is 48.1 Å². The van der Waals surface area contributed by atoms with Crippen LogP contribution in [-0.2, 0) is 40.9 Å². The number of carbonyl (C=O) groups excluding carboxylic acids is 3. The van der Waals surface area contributed by atoms with Crippen molar-refractivity contribution in [2.75, 3.05) is 21.3 Å². The quantitative estimate of drug-likeness (QED) is 0.526. The minimum absolute atomic E-state index is 0.250. The van der Waals surface area contributed by atoms with Crippen LogP contribution < -0.4 is 0 Å². The molecule has 0 spiro atoms. The normalized spacial score (nSPS) is 11.8. The Morgan fingerprint density at radius 2 is 1.07 bits per heavy atom. The van der Waals surface area contributed by atoms with Gasteiger partial charge in [-0.05, 0) is 0 Å². The average molecular weight is 439 g/mol. The molecule has 0 aliphatic heterocycles. The van der Waals surface area contributed by atoms with E-state index in [1.165, 1.54) is 27.9 Å². The maximum absolute atomic E-state index is 11.9. The average Bonchev–Trinajstić information content (AvgIpc) is 2.45. The third-order valence-corrected chi connectivity index (χ3v) is 7.34. The summed E-state index contributed by atoms with van der Waals surface area (Å²) in [5, 5.41) is 0. The molecule has 0 rings (SSSR count). The fraction of sp³-hybridized carbons (Fsp3) is 0.769. The fourth-order valence-electron chi connectivity index (χ4n) is 1.70. The van der Waals surface area contributed by atoms with Crippen molar-refractivity contribution in [1.82, 2.24) is 0 Å². The lowest BCUT2D eigenvalue weighted by Gasteiger charge is -2.24. The molecule has 0 heterocycles. The summed E-state index contributed by atoms with van der Waals surface area (Å²) in [4.78, 5) is 32.0. The second kappa shape index (κ2) is 12.1. The number of carbonyl (C=O) groups is 3. The van der Waals surface area contributed by atoms with Gasteiger partial charge >= 0.3 is 23.8 Å². The van der Waals surface area contributed by atoms with Crippen LogP contribution in [0.1, 0.15) is 27.2 Å². The van der Waals surface area contributed by atoms with Gasteiger partial charge < -0.3 is 26.6 Å². The molecule has 0 aromatic heterocycles. The summed E-state index contributed by atoms with van der Waals surface area (Å²) in [6.45, 7) is 4.70. The molecule has 0 aromatic carbocycles. The van der Waals surface area contributed by atoms with Gasteiger partial charge in [-0.3, -0.25) is 14.4 Å². The van der Waals surface area contributed by atoms with Gasteiger partial charge in [-0.1, -0.05) is 0 Å². The van der Waals surface area contributed by atoms with Crippen molar-refractivity contribution < 1.29 is 54.1 Å². The molecule has 0 aliphatic carbocycles. The first kappa shape index (κ1) is 27.7. The standard InChI is InChI=1S/C7H12O6Si.C6H13F3O3Si/c1-5(8)11-14(4,12-6(2)9)13-7(3)10;1-10-13(11-2,12-3)5-4-6(7,8)9/h1-4H3;4-5H2,1-3H3. The maximum Gasteiger partial charge on any atom is 0.701 e. The monoisotopic (exact) mass is 438 g/mol. The molecule has 0 fully saturated rings. The molecule has 9 nitrogen and oxygen atoms in total. The van der Waals surface area contributed by atoms with Crippen LogP contribution in [0.4, 0.5) is 13.2 Å². The zero-order valence-corrected chi connectivity index (χ0v) is 18.2. The van der Waals surface area contributed by atoms with E-state index in [0.717, 1.165) is 20.8 Å². The number of alkyl halides is 3. The molecule has 0 bridgehead atoms. The molecule has 0 aliphatic rings. The number of halogens is 3. The van der Waals surface area contributed by atoms with Gasteiger partial charge in [0.05, 0.1) is 0 Å². The van der Waals surface area contributed by atoms with E-state index in [0.29, 0.717) is 0 Å². The van der Waals surface area contributed by atoms with Crippen LogP contribution in [-0.4, -0.2) is 63.0 Å². The molecule has 0 saturated heterocycles. The first-order valence-electron chi connectivity index (χ1n) is 7.45. The molecule has 27 heavy (non-hydrogen) atoms. The third kappa shape index (κ3) is 14.3. The van der Waals surface area contributed by atoms with Gasteiger partial charge in [-0.25, -0.2) is 0 Å². The van der Waals surface area contributed by atoms with E-state index in [4.69, 9.17) is 13.3 Å². The topological polar surface area (TPSA) is 107 Å². The van der Waals surface area contributed by atoms with Gasteiger partial charge in [0.1, 0.15) is 0 Å². The summed E-state index contributed by atoms with van der Waals surface area (Å²) in [5.74, 6) is -2.00. The van der Waals surface area contributed by atoms with Gasteiger partial charge in [0.15, 0.2) is 0 Å². The zero-order valence-electron chi connectivity index (χ0n) is 16.2. The highest BCUT2D eigenvalue weighted by Gasteiger charge is 2.45. The van der Waals surface area contributed by atoms with E-state index in [1.54, 1.807) is 0 Å². The van der Waals surface area contributed by atoms with Crippen molar-refractivity contribution in [2.24, 2.45) is 0 Å². The summed E-state index contributed by atoms with van der Waals surface area (Å²) in [6, 6.07) is -0.250. The predicted octanol–water partition coefficient (Wildman–Crippen LogP) is 2.06. The Morgan fingerprint density at radius 3 is 1.26 bits per heavy atom. The first-order valence-corrected chi connectivity index (χ1v) is 11.6. The number of hydrogen-bond acceptors (Lipinski definition) is 9. The lowest BCUT2D eigenvalue weighted by Crippen LogP contribution is -2.46. The largest absolute Gasteiger partial charge is 0.701 e. The highest BCUT2D eigenvalue weighted by atomic mass is 28.4. The van der Waals surface area contributed by atoms with E-state index >= 15 is 0 Å². The molecule has 0 amide bonds. The van der Waals surface area contributed by atoms with E-state index in [2.05, 4.69) is 13.3 Å². The SMILES string of the molecule is CC(=O)O[Si](C)(OC(C)=O)OC(C)=O.CO[Si](CCC(F)(F)F)(OC)OC. The molecule has 0 aromatic rings. The van der Waals surface area contributed by atoms with Gasteiger partial charge in [-0.15, -0.1) is 0 Å². The van der Waals surface area contributed by atoms with Crippen molar-refractivity contribution in [2.45, 2.75) is 46.0 Å². The van der Waals surface area contributed by atoms with Crippen molar-refractivity contribution in [1.29, 1.82) is 0 Å². The highest BCUT2D eigenvalue weighted by molar-refractivity contribution is 6.64. The van der Waals surface area contributed by atoms with Crippen LogP contribution in [0.25, 0.3) is 0 Å². The van der Waals surface area contributed by atoms with E-state index in [-0.39, 0.29) is 6.04 Å². The lowest BCUT2D eigenvalue weighted by molar-refractivity contribution is -0.147. The lowest BCUT2D eigenvalue weighted by atomic mass is 10.5. The Bertz CT molecular complexity index is 447. The summed E-state index contributed by atoms with van der Waals surface area (Å²) in [6.07, 6.45) is -5.15. The molecule has 0 saturated carbocycles. The smallest absolute Gasteiger partial charge is 0.455 e. The molecule has 0 radical (unpaired) electrons. The van der Waals surface area contributed by atoms with Crippen LogP contribution in [0.5, 0.6) is 0 Å². The minimum atomic E-state index is -4.20. The van der Waals surface area contributed by atoms with Crippen LogP contribution in [0, 0.1) is 0 Å². The van der Waals surface area contributed by atoms with Crippen molar-refractivity contribution >= 4 is 35.5 Å². The first-order chi connectivity index (χ1) is 12.1. The number of rotatable bonds is 8. The van der Waals surface area contributed by atoms with Crippen molar-refractivity contribution in [3.05, 3.63) is 0 Å². The second-order valence-electron chi connectivity index (χ2n) is 5.05. The van der Waals surface area contributed by atoms with Crippen molar-refractivity contribution in [3.63, 3.8) is 0 Å².